The van der Waals surface area contributed by atoms with Gasteiger partial charge in [-0.1, -0.05) is 0 Å². The summed E-state index contributed by atoms with van der Waals surface area (Å²) >= 11 is 0. The second-order valence-corrected chi connectivity index (χ2v) is 0.238. The van der Waals surface area contributed by atoms with Gasteiger partial charge in [0.2, 0.25) is 0 Å². The van der Waals surface area contributed by atoms with Crippen molar-refractivity contribution in [2.75, 3.05) is 0 Å². The summed E-state index contributed by atoms with van der Waals surface area (Å²) in [5, 5.41) is 13.6. The maximum atomic E-state index is 8.36. The van der Waals surface area contributed by atoms with Gasteiger partial charge in [-0.25, -0.2) is 0 Å². The van der Waals surface area contributed by atoms with Crippen molar-refractivity contribution in [2.24, 2.45) is 0 Å². The third-order valence-electron chi connectivity index (χ3n) is 0. The van der Waals surface area contributed by atoms with Crippen molar-refractivity contribution in [1.29, 1.82) is 0 Å². The summed E-state index contributed by atoms with van der Waals surface area (Å²) in [5.41, 5.74) is 0. The zero-order valence-corrected chi connectivity index (χ0v) is 8.80. The molecule has 0 aromatic heterocycles. The first-order chi connectivity index (χ1) is 1.73. The molecule has 2 radical (unpaired) electrons. The molecule has 0 rings (SSSR count). The van der Waals surface area contributed by atoms with Crippen molar-refractivity contribution >= 4 is 0 Å². The molecule has 6 heavy (non-hydrogen) atoms. The zero-order chi connectivity index (χ0) is 3.58. The van der Waals surface area contributed by atoms with Crippen molar-refractivity contribution in [1.82, 2.24) is 0 Å². The van der Waals surface area contributed by atoms with Crippen LogP contribution in [0.15, 0.2) is 0 Å². The Balaban J connectivity index is -0.0000000450. The summed E-state index contributed by atoms with van der Waals surface area (Å²) in [6.45, 7) is 0. The third kappa shape index (κ3) is 35.3. The molecule has 0 atom stereocenters. The summed E-state index contributed by atoms with van der Waals surface area (Å²) < 4.78 is 0. The van der Waals surface area contributed by atoms with Crippen LogP contribution >= 0.6 is 0 Å². The molecule has 0 bridgehead atoms. The average molecular weight is 356 g/mol. The van der Waals surface area contributed by atoms with Crippen LogP contribution in [0.5, 0.6) is 0 Å². The number of rotatable bonds is 0. The summed E-state index contributed by atoms with van der Waals surface area (Å²) in [6, 6.07) is 0. The second-order valence-electron chi connectivity index (χ2n) is 0.238. The summed E-state index contributed by atoms with van der Waals surface area (Å²) in [5.74, 6) is 0. The summed E-state index contributed by atoms with van der Waals surface area (Å²) in [7, 11) is 0. The van der Waals surface area contributed by atoms with Crippen molar-refractivity contribution in [3.8, 4) is 0 Å². The van der Waals surface area contributed by atoms with Gasteiger partial charge in [0.1, 0.15) is 0 Å². The molecule has 0 amide bonds. The van der Waals surface area contributed by atoms with Crippen LogP contribution in [0.2, 0.25) is 0 Å². The van der Waals surface area contributed by atoms with E-state index in [0.717, 1.165) is 0 Å². The van der Waals surface area contributed by atoms with Gasteiger partial charge < -0.3 is 5.21 Å². The van der Waals surface area contributed by atoms with Crippen LogP contribution in [-0.2, 0) is 0 Å². The molecule has 0 aliphatic carbocycles. The SMILES string of the molecule is O=[N+]([O-])O.[Eu].[Pr]. The van der Waals surface area contributed by atoms with E-state index in [2.05, 4.69) is 0 Å². The Morgan fingerprint density at radius 2 is 1.67 bits per heavy atom. The van der Waals surface area contributed by atoms with Crippen LogP contribution in [0.4, 0.5) is 0 Å². The predicted octanol–water partition coefficient (Wildman–Crippen LogP) is -0.348. The van der Waals surface area contributed by atoms with Gasteiger partial charge in [-0.05, 0) is 0 Å². The largest absolute Gasteiger partial charge is 0.328 e. The maximum Gasteiger partial charge on any atom is 0.291 e. The van der Waals surface area contributed by atoms with Crippen LogP contribution in [0.1, 0.15) is 0 Å². The van der Waals surface area contributed by atoms with Crippen LogP contribution in [0.3, 0.4) is 0 Å². The second kappa shape index (κ2) is 10.2. The van der Waals surface area contributed by atoms with Crippen molar-refractivity contribution in [3.63, 3.8) is 0 Å². The van der Waals surface area contributed by atoms with E-state index >= 15 is 0 Å². The zero-order valence-electron chi connectivity index (χ0n) is 2.67. The Hall–Kier alpha value is 2.15. The van der Waals surface area contributed by atoms with E-state index in [4.69, 9.17) is 15.3 Å². The standard InChI is InChI=1S/Eu.HNO3.Pr/c;2-1(3)4;/h;(H,2,3,4);. The van der Waals surface area contributed by atoms with Crippen molar-refractivity contribution < 1.29 is 101 Å². The van der Waals surface area contributed by atoms with Gasteiger partial charge in [0, 0.05) is 90.7 Å². The topological polar surface area (TPSA) is 63.4 Å². The molecular weight excluding hydrogens is 355 g/mol. The Morgan fingerprint density at radius 1 is 1.67 bits per heavy atom. The van der Waals surface area contributed by atoms with Gasteiger partial charge in [0.15, 0.2) is 0 Å². The van der Waals surface area contributed by atoms with Crippen LogP contribution in [0, 0.1) is 101 Å². The van der Waals surface area contributed by atoms with E-state index < -0.39 is 5.09 Å². The number of nitrogens with zero attached hydrogens (tertiary/aromatic N) is 1. The van der Waals surface area contributed by atoms with E-state index in [1.54, 1.807) is 0 Å². The Labute approximate surface area is 108 Å². The maximum absolute atomic E-state index is 8.36. The monoisotopic (exact) mass is 357 g/mol. The Bertz CT molecular complexity index is 33.8. The van der Waals surface area contributed by atoms with Crippen LogP contribution in [0.25, 0.3) is 0 Å². The molecule has 4 nitrogen and oxygen atoms in total. The van der Waals surface area contributed by atoms with Gasteiger partial charge in [0.05, 0.1) is 0 Å². The molecule has 0 fully saturated rings. The molecule has 0 saturated carbocycles. The normalized spacial score (nSPS) is 4.00. The molecule has 0 unspecified atom stereocenters. The molecule has 0 aliphatic rings. The fraction of sp³-hybridized carbons (Fsp3) is 0. The quantitative estimate of drug-likeness (QED) is 0.477. The fourth-order valence-electron chi connectivity index (χ4n) is 0. The fourth-order valence-corrected chi connectivity index (χ4v) is 0. The first kappa shape index (κ1) is 15.7. The van der Waals surface area contributed by atoms with E-state index in [9.17, 15) is 0 Å². The molecule has 34 valence electrons. The predicted molar refractivity (Wildman–Crippen MR) is 8.78 cm³/mol. The van der Waals surface area contributed by atoms with E-state index in [1.807, 2.05) is 0 Å². The van der Waals surface area contributed by atoms with Gasteiger partial charge in [0.25, 0.3) is 5.09 Å². The summed E-state index contributed by atoms with van der Waals surface area (Å²) in [4.78, 5) is 8.36. The third-order valence-corrected chi connectivity index (χ3v) is 0. The van der Waals surface area contributed by atoms with Gasteiger partial charge in [-0.2, -0.15) is 0 Å². The molecule has 0 spiro atoms. The molecule has 0 heterocycles. The average Bonchev–Trinajstić information content (AvgIpc) is 0.811. The smallest absolute Gasteiger partial charge is 0.291 e. The van der Waals surface area contributed by atoms with Gasteiger partial charge in [-0.3, -0.25) is 0 Å². The van der Waals surface area contributed by atoms with E-state index in [0.29, 0.717) is 0 Å². The number of hydrogen-bond acceptors (Lipinski definition) is 2. The van der Waals surface area contributed by atoms with Gasteiger partial charge in [-0.15, -0.1) is 10.1 Å². The molecular formula is HEuNO3Pr. The first-order valence-electron chi connectivity index (χ1n) is 0.565. The van der Waals surface area contributed by atoms with Crippen molar-refractivity contribution in [3.05, 3.63) is 10.1 Å². The Kier molecular flexibility index (Phi) is 26.7. The van der Waals surface area contributed by atoms with Crippen molar-refractivity contribution in [2.45, 2.75) is 0 Å². The molecule has 6 heteroatoms. The van der Waals surface area contributed by atoms with Crippen LogP contribution < -0.4 is 0 Å². The molecule has 0 aromatic carbocycles. The first-order valence-corrected chi connectivity index (χ1v) is 0.565. The molecule has 1 N–H and O–H groups in total. The van der Waals surface area contributed by atoms with Crippen LogP contribution in [-0.4, -0.2) is 10.3 Å². The van der Waals surface area contributed by atoms with Gasteiger partial charge >= 0.3 is 0 Å². The minimum Gasteiger partial charge on any atom is -0.328 e. The molecule has 0 aromatic rings. The summed E-state index contributed by atoms with van der Waals surface area (Å²) in [6.07, 6.45) is 0. The Morgan fingerprint density at radius 3 is 1.67 bits per heavy atom. The van der Waals surface area contributed by atoms with E-state index in [1.165, 1.54) is 0 Å². The minimum atomic E-state index is -1.50. The molecule has 0 aliphatic heterocycles. The number of hydrogen-bond donors (Lipinski definition) is 1. The minimum absolute atomic E-state index is 0. The van der Waals surface area contributed by atoms with E-state index in [-0.39, 0.29) is 90.7 Å². The molecule has 0 saturated heterocycles.